The first-order valence-corrected chi connectivity index (χ1v) is 8.80. The van der Waals surface area contributed by atoms with Crippen LogP contribution in [-0.4, -0.2) is 59.4 Å². The molecule has 2 saturated carbocycles. The van der Waals surface area contributed by atoms with Crippen LogP contribution in [0.3, 0.4) is 0 Å². The van der Waals surface area contributed by atoms with Crippen LogP contribution in [-0.2, 0) is 4.79 Å². The number of carboxylic acids is 1. The zero-order valence-corrected chi connectivity index (χ0v) is 14.3. The third kappa shape index (κ3) is 5.49. The Balaban J connectivity index is 1.79. The minimum Gasteiger partial charge on any atom is -0.480 e. The van der Waals surface area contributed by atoms with Crippen molar-refractivity contribution in [1.29, 1.82) is 0 Å². The van der Waals surface area contributed by atoms with E-state index < -0.39 is 30.1 Å². The summed E-state index contributed by atoms with van der Waals surface area (Å²) in [5.41, 5.74) is 0. The fourth-order valence-corrected chi connectivity index (χ4v) is 3.80. The SMILES string of the molecule is CCN(CC(=O)O)C1CC(NC(=O)NC(C2CCCC2)C(F)(F)F)C1. The molecule has 3 N–H and O–H groups in total. The molecule has 1 unspecified atom stereocenters. The van der Waals surface area contributed by atoms with E-state index in [4.69, 9.17) is 5.11 Å². The Morgan fingerprint density at radius 3 is 2.32 bits per heavy atom. The fourth-order valence-electron chi connectivity index (χ4n) is 3.80. The normalized spacial score (nSPS) is 25.5. The maximum absolute atomic E-state index is 13.2. The zero-order chi connectivity index (χ0) is 18.6. The summed E-state index contributed by atoms with van der Waals surface area (Å²) in [7, 11) is 0. The van der Waals surface area contributed by atoms with Crippen molar-refractivity contribution in [2.45, 2.75) is 69.8 Å². The van der Waals surface area contributed by atoms with Crippen molar-refractivity contribution >= 4 is 12.0 Å². The van der Waals surface area contributed by atoms with Crippen molar-refractivity contribution in [2.75, 3.05) is 13.1 Å². The van der Waals surface area contributed by atoms with E-state index in [-0.39, 0.29) is 18.6 Å². The third-order valence-electron chi connectivity index (χ3n) is 5.22. The van der Waals surface area contributed by atoms with Gasteiger partial charge in [0.2, 0.25) is 0 Å². The number of nitrogens with zero attached hydrogens (tertiary/aromatic N) is 1. The van der Waals surface area contributed by atoms with E-state index in [1.807, 2.05) is 6.92 Å². The van der Waals surface area contributed by atoms with Crippen LogP contribution in [0.2, 0.25) is 0 Å². The summed E-state index contributed by atoms with van der Waals surface area (Å²) in [5.74, 6) is -1.47. The van der Waals surface area contributed by atoms with E-state index in [0.717, 1.165) is 12.8 Å². The van der Waals surface area contributed by atoms with E-state index in [9.17, 15) is 22.8 Å². The molecule has 0 aromatic carbocycles. The van der Waals surface area contributed by atoms with Crippen LogP contribution in [0.4, 0.5) is 18.0 Å². The smallest absolute Gasteiger partial charge is 0.408 e. The van der Waals surface area contributed by atoms with E-state index in [1.54, 1.807) is 4.90 Å². The van der Waals surface area contributed by atoms with E-state index in [1.165, 1.54) is 0 Å². The highest BCUT2D eigenvalue weighted by Gasteiger charge is 2.46. The molecule has 2 amide bonds. The number of urea groups is 1. The van der Waals surface area contributed by atoms with Gasteiger partial charge in [0.15, 0.2) is 0 Å². The average Bonchev–Trinajstić information content (AvgIpc) is 2.98. The van der Waals surface area contributed by atoms with Crippen LogP contribution in [0.15, 0.2) is 0 Å². The largest absolute Gasteiger partial charge is 0.480 e. The molecule has 2 aliphatic carbocycles. The van der Waals surface area contributed by atoms with Gasteiger partial charge in [0.1, 0.15) is 6.04 Å². The third-order valence-corrected chi connectivity index (χ3v) is 5.22. The van der Waals surface area contributed by atoms with Gasteiger partial charge in [-0.05, 0) is 38.1 Å². The minimum absolute atomic E-state index is 0.0413. The van der Waals surface area contributed by atoms with Crippen molar-refractivity contribution in [2.24, 2.45) is 5.92 Å². The quantitative estimate of drug-likeness (QED) is 0.647. The summed E-state index contributed by atoms with van der Waals surface area (Å²) in [6.45, 7) is 2.36. The number of halogens is 3. The monoisotopic (exact) mass is 365 g/mol. The lowest BCUT2D eigenvalue weighted by atomic mass is 9.85. The van der Waals surface area contributed by atoms with Gasteiger partial charge < -0.3 is 15.7 Å². The van der Waals surface area contributed by atoms with Gasteiger partial charge in [-0.15, -0.1) is 0 Å². The second-order valence-corrected chi connectivity index (χ2v) is 6.96. The molecule has 2 fully saturated rings. The van der Waals surface area contributed by atoms with Gasteiger partial charge in [-0.2, -0.15) is 13.2 Å². The van der Waals surface area contributed by atoms with E-state index in [2.05, 4.69) is 10.6 Å². The van der Waals surface area contributed by atoms with E-state index >= 15 is 0 Å². The molecule has 144 valence electrons. The highest BCUT2D eigenvalue weighted by Crippen LogP contribution is 2.35. The lowest BCUT2D eigenvalue weighted by molar-refractivity contribution is -0.164. The second-order valence-electron chi connectivity index (χ2n) is 6.96. The number of carboxylic acid groups (broad SMARTS) is 1. The molecule has 0 saturated heterocycles. The zero-order valence-electron chi connectivity index (χ0n) is 14.3. The summed E-state index contributed by atoms with van der Waals surface area (Å²) < 4.78 is 39.6. The summed E-state index contributed by atoms with van der Waals surface area (Å²) in [6.07, 6.45) is -0.853. The van der Waals surface area contributed by atoms with Crippen LogP contribution < -0.4 is 10.6 Å². The molecule has 0 aromatic rings. The summed E-state index contributed by atoms with van der Waals surface area (Å²) in [5, 5.41) is 13.5. The number of aliphatic carboxylic acids is 1. The number of carbonyl (C=O) groups excluding carboxylic acids is 1. The maximum Gasteiger partial charge on any atom is 0.408 e. The Morgan fingerprint density at radius 1 is 1.24 bits per heavy atom. The maximum atomic E-state index is 13.2. The molecule has 0 aliphatic heterocycles. The van der Waals surface area contributed by atoms with Crippen LogP contribution in [0.1, 0.15) is 45.4 Å². The van der Waals surface area contributed by atoms with Gasteiger partial charge in [0.25, 0.3) is 0 Å². The molecule has 2 rings (SSSR count). The Morgan fingerprint density at radius 2 is 1.84 bits per heavy atom. The van der Waals surface area contributed by atoms with Crippen molar-refractivity contribution in [3.8, 4) is 0 Å². The number of hydrogen-bond donors (Lipinski definition) is 3. The van der Waals surface area contributed by atoms with Gasteiger partial charge in [-0.25, -0.2) is 4.79 Å². The van der Waals surface area contributed by atoms with Gasteiger partial charge in [-0.1, -0.05) is 19.8 Å². The molecule has 1 atom stereocenters. The van der Waals surface area contributed by atoms with Crippen molar-refractivity contribution in [3.63, 3.8) is 0 Å². The van der Waals surface area contributed by atoms with Gasteiger partial charge in [0.05, 0.1) is 6.54 Å². The molecule has 0 bridgehead atoms. The van der Waals surface area contributed by atoms with Crippen molar-refractivity contribution < 1.29 is 27.9 Å². The lowest BCUT2D eigenvalue weighted by Crippen LogP contribution is -2.59. The number of carbonyl (C=O) groups is 2. The summed E-state index contributed by atoms with van der Waals surface area (Å²) in [6, 6.07) is -2.77. The highest BCUT2D eigenvalue weighted by atomic mass is 19.4. The first-order valence-electron chi connectivity index (χ1n) is 8.80. The number of likely N-dealkylation sites (N-methyl/N-ethyl adjacent to an activating group) is 1. The molecule has 0 heterocycles. The van der Waals surface area contributed by atoms with Gasteiger partial charge in [0, 0.05) is 12.1 Å². The topological polar surface area (TPSA) is 81.7 Å². The highest BCUT2D eigenvalue weighted by molar-refractivity contribution is 5.75. The standard InChI is InChI=1S/C16H26F3N3O3/c1-2-22(9-13(23)24)12-7-11(8-12)20-15(25)21-14(16(17,18)19)10-5-3-4-6-10/h10-12,14H,2-9H2,1H3,(H,23,24)(H2,20,21,25). The average molecular weight is 365 g/mol. The lowest BCUT2D eigenvalue weighted by Gasteiger charge is -2.42. The molecule has 2 aliphatic rings. The first kappa shape index (κ1) is 19.8. The number of hydrogen-bond acceptors (Lipinski definition) is 3. The minimum atomic E-state index is -4.45. The molecule has 0 aromatic heterocycles. The van der Waals surface area contributed by atoms with Crippen LogP contribution >= 0.6 is 0 Å². The predicted molar refractivity (Wildman–Crippen MR) is 85.2 cm³/mol. The first-order chi connectivity index (χ1) is 11.7. The van der Waals surface area contributed by atoms with Crippen molar-refractivity contribution in [1.82, 2.24) is 15.5 Å². The number of alkyl halides is 3. The predicted octanol–water partition coefficient (Wildman–Crippen LogP) is 2.34. The molecule has 6 nitrogen and oxygen atoms in total. The Bertz CT molecular complexity index is 475. The van der Waals surface area contributed by atoms with Crippen LogP contribution in [0.5, 0.6) is 0 Å². The Hall–Kier alpha value is -1.51. The van der Waals surface area contributed by atoms with Crippen molar-refractivity contribution in [3.05, 3.63) is 0 Å². The van der Waals surface area contributed by atoms with Gasteiger partial charge >= 0.3 is 18.2 Å². The molecular weight excluding hydrogens is 339 g/mol. The fraction of sp³-hybridized carbons (Fsp3) is 0.875. The molecule has 0 radical (unpaired) electrons. The molecular formula is C16H26F3N3O3. The summed E-state index contributed by atoms with van der Waals surface area (Å²) >= 11 is 0. The molecule has 25 heavy (non-hydrogen) atoms. The summed E-state index contributed by atoms with van der Waals surface area (Å²) in [4.78, 5) is 24.5. The Kier molecular flexibility index (Phi) is 6.53. The Labute approximate surface area is 145 Å². The van der Waals surface area contributed by atoms with E-state index in [0.29, 0.717) is 32.2 Å². The molecule has 9 heteroatoms. The number of rotatable bonds is 7. The van der Waals surface area contributed by atoms with Crippen LogP contribution in [0, 0.1) is 5.92 Å². The molecule has 0 spiro atoms. The number of nitrogens with one attached hydrogen (secondary N) is 2. The van der Waals surface area contributed by atoms with Crippen LogP contribution in [0.25, 0.3) is 0 Å². The second kappa shape index (κ2) is 8.25. The van der Waals surface area contributed by atoms with Gasteiger partial charge in [-0.3, -0.25) is 9.69 Å². The number of amides is 2.